The highest BCUT2D eigenvalue weighted by Gasteiger charge is 2.16. The lowest BCUT2D eigenvalue weighted by molar-refractivity contribution is -0.143. The molecule has 0 unspecified atom stereocenters. The van der Waals surface area contributed by atoms with Crippen molar-refractivity contribution in [3.8, 4) is 0 Å². The van der Waals surface area contributed by atoms with Gasteiger partial charge in [-0.2, -0.15) is 0 Å². The molecule has 98 valence electrons. The summed E-state index contributed by atoms with van der Waals surface area (Å²) in [6, 6.07) is 3.75. The number of ether oxygens (including phenoxy) is 1. The molecule has 0 aromatic heterocycles. The SMILES string of the molecule is CCOC(=O)CN(C)C(=O)c1ccc(N)c(F)c1. The number of benzene rings is 1. The summed E-state index contributed by atoms with van der Waals surface area (Å²) in [5.74, 6) is -1.64. The van der Waals surface area contributed by atoms with Crippen molar-refractivity contribution in [2.45, 2.75) is 6.92 Å². The Hall–Kier alpha value is -2.11. The van der Waals surface area contributed by atoms with Gasteiger partial charge >= 0.3 is 5.97 Å². The van der Waals surface area contributed by atoms with Gasteiger partial charge in [-0.05, 0) is 25.1 Å². The Balaban J connectivity index is 2.74. The molecule has 0 heterocycles. The minimum Gasteiger partial charge on any atom is -0.465 e. The fourth-order valence-corrected chi connectivity index (χ4v) is 1.35. The molecule has 6 heteroatoms. The van der Waals surface area contributed by atoms with Crippen LogP contribution in [0.1, 0.15) is 17.3 Å². The highest BCUT2D eigenvalue weighted by Crippen LogP contribution is 2.13. The predicted octanol–water partition coefficient (Wildman–Crippen LogP) is 1.04. The van der Waals surface area contributed by atoms with Gasteiger partial charge in [0.2, 0.25) is 0 Å². The minimum absolute atomic E-state index is 0.0282. The van der Waals surface area contributed by atoms with Crippen molar-refractivity contribution in [1.29, 1.82) is 0 Å². The number of amides is 1. The first-order chi connectivity index (χ1) is 8.45. The van der Waals surface area contributed by atoms with Gasteiger partial charge in [-0.15, -0.1) is 0 Å². The van der Waals surface area contributed by atoms with E-state index in [1.165, 1.54) is 19.2 Å². The molecule has 0 bridgehead atoms. The van der Waals surface area contributed by atoms with Crippen molar-refractivity contribution in [2.75, 3.05) is 25.9 Å². The van der Waals surface area contributed by atoms with Gasteiger partial charge in [0.1, 0.15) is 12.4 Å². The van der Waals surface area contributed by atoms with Crippen molar-refractivity contribution in [3.63, 3.8) is 0 Å². The molecule has 5 nitrogen and oxygen atoms in total. The van der Waals surface area contributed by atoms with Gasteiger partial charge in [0.15, 0.2) is 0 Å². The van der Waals surface area contributed by atoms with Crippen molar-refractivity contribution < 1.29 is 18.7 Å². The number of hydrogen-bond donors (Lipinski definition) is 1. The van der Waals surface area contributed by atoms with E-state index in [2.05, 4.69) is 0 Å². The molecule has 0 aliphatic heterocycles. The van der Waals surface area contributed by atoms with Crippen LogP contribution in [0, 0.1) is 5.82 Å². The molecule has 1 aromatic rings. The highest BCUT2D eigenvalue weighted by molar-refractivity contribution is 5.96. The second-order valence-corrected chi connectivity index (χ2v) is 3.70. The van der Waals surface area contributed by atoms with Crippen LogP contribution in [0.2, 0.25) is 0 Å². The van der Waals surface area contributed by atoms with Crippen LogP contribution in [0.3, 0.4) is 0 Å². The molecule has 1 aromatic carbocycles. The maximum absolute atomic E-state index is 13.2. The number of anilines is 1. The third-order valence-corrected chi connectivity index (χ3v) is 2.27. The summed E-state index contributed by atoms with van der Waals surface area (Å²) in [5.41, 5.74) is 5.42. The summed E-state index contributed by atoms with van der Waals surface area (Å²) >= 11 is 0. The molecule has 0 spiro atoms. The van der Waals surface area contributed by atoms with Gasteiger partial charge < -0.3 is 15.4 Å². The number of halogens is 1. The Bertz CT molecular complexity index is 463. The van der Waals surface area contributed by atoms with Gasteiger partial charge in [0.25, 0.3) is 5.91 Å². The number of likely N-dealkylation sites (N-methyl/N-ethyl adjacent to an activating group) is 1. The Kier molecular flexibility index (Phi) is 4.65. The quantitative estimate of drug-likeness (QED) is 0.643. The normalized spacial score (nSPS) is 9.94. The Morgan fingerprint density at radius 1 is 1.44 bits per heavy atom. The number of carbonyl (C=O) groups excluding carboxylic acids is 2. The summed E-state index contributed by atoms with van der Waals surface area (Å²) in [6.07, 6.45) is 0. The van der Waals surface area contributed by atoms with E-state index in [-0.39, 0.29) is 24.4 Å². The first kappa shape index (κ1) is 14.0. The van der Waals surface area contributed by atoms with Crippen LogP contribution in [-0.2, 0) is 9.53 Å². The van der Waals surface area contributed by atoms with Gasteiger partial charge in [0, 0.05) is 12.6 Å². The summed E-state index contributed by atoms with van der Waals surface area (Å²) < 4.78 is 17.9. The van der Waals surface area contributed by atoms with Crippen LogP contribution in [0.5, 0.6) is 0 Å². The number of nitrogen functional groups attached to an aromatic ring is 1. The van der Waals surface area contributed by atoms with Gasteiger partial charge in [-0.1, -0.05) is 0 Å². The average Bonchev–Trinajstić information content (AvgIpc) is 2.32. The molecule has 0 aliphatic rings. The zero-order valence-corrected chi connectivity index (χ0v) is 10.3. The van der Waals surface area contributed by atoms with E-state index in [0.717, 1.165) is 11.0 Å². The zero-order chi connectivity index (χ0) is 13.7. The third-order valence-electron chi connectivity index (χ3n) is 2.27. The monoisotopic (exact) mass is 254 g/mol. The number of hydrogen-bond acceptors (Lipinski definition) is 4. The van der Waals surface area contributed by atoms with Crippen LogP contribution < -0.4 is 5.73 Å². The highest BCUT2D eigenvalue weighted by atomic mass is 19.1. The second kappa shape index (κ2) is 6.00. The molecule has 2 N–H and O–H groups in total. The minimum atomic E-state index is -0.662. The second-order valence-electron chi connectivity index (χ2n) is 3.70. The molecule has 0 saturated heterocycles. The fourth-order valence-electron chi connectivity index (χ4n) is 1.35. The smallest absolute Gasteiger partial charge is 0.325 e. The van der Waals surface area contributed by atoms with E-state index in [1.54, 1.807) is 6.92 Å². The first-order valence-corrected chi connectivity index (χ1v) is 5.41. The van der Waals surface area contributed by atoms with E-state index in [4.69, 9.17) is 10.5 Å². The third kappa shape index (κ3) is 3.44. The molecule has 0 saturated carbocycles. The lowest BCUT2D eigenvalue weighted by atomic mass is 10.2. The molecule has 0 atom stereocenters. The largest absolute Gasteiger partial charge is 0.465 e. The number of nitrogens with two attached hydrogens (primary N) is 1. The van der Waals surface area contributed by atoms with Gasteiger partial charge in [-0.3, -0.25) is 9.59 Å². The number of rotatable bonds is 4. The lowest BCUT2D eigenvalue weighted by Gasteiger charge is -2.16. The molecule has 0 aliphatic carbocycles. The Morgan fingerprint density at radius 2 is 2.11 bits per heavy atom. The summed E-state index contributed by atoms with van der Waals surface area (Å²) in [4.78, 5) is 24.2. The van der Waals surface area contributed by atoms with Crippen molar-refractivity contribution >= 4 is 17.6 Å². The molecule has 1 rings (SSSR count). The van der Waals surface area contributed by atoms with Crippen molar-refractivity contribution in [1.82, 2.24) is 4.90 Å². The van der Waals surface area contributed by atoms with E-state index in [1.807, 2.05) is 0 Å². The van der Waals surface area contributed by atoms with Crippen LogP contribution >= 0.6 is 0 Å². The fraction of sp³-hybridized carbons (Fsp3) is 0.333. The molecular weight excluding hydrogens is 239 g/mol. The summed E-state index contributed by atoms with van der Waals surface area (Å²) in [7, 11) is 1.44. The zero-order valence-electron chi connectivity index (χ0n) is 10.3. The standard InChI is InChI=1S/C12H15FN2O3/c1-3-18-11(16)7-15(2)12(17)8-4-5-10(14)9(13)6-8/h4-6H,3,7,14H2,1-2H3. The van der Waals surface area contributed by atoms with Gasteiger partial charge in [0.05, 0.1) is 12.3 Å². The number of esters is 1. The number of carbonyl (C=O) groups is 2. The van der Waals surface area contributed by atoms with Crippen LogP contribution in [0.25, 0.3) is 0 Å². The maximum Gasteiger partial charge on any atom is 0.325 e. The topological polar surface area (TPSA) is 72.6 Å². The molecule has 1 amide bonds. The molecular formula is C12H15FN2O3. The average molecular weight is 254 g/mol. The summed E-state index contributed by atoms with van der Waals surface area (Å²) in [5, 5.41) is 0. The summed E-state index contributed by atoms with van der Waals surface area (Å²) in [6.45, 7) is 1.74. The lowest BCUT2D eigenvalue weighted by Crippen LogP contribution is -2.33. The van der Waals surface area contributed by atoms with E-state index in [0.29, 0.717) is 0 Å². The maximum atomic E-state index is 13.2. The molecule has 0 fully saturated rings. The first-order valence-electron chi connectivity index (χ1n) is 5.41. The van der Waals surface area contributed by atoms with Crippen molar-refractivity contribution in [2.24, 2.45) is 0 Å². The van der Waals surface area contributed by atoms with E-state index < -0.39 is 17.7 Å². The van der Waals surface area contributed by atoms with Crippen LogP contribution in [-0.4, -0.2) is 37.0 Å². The van der Waals surface area contributed by atoms with Crippen molar-refractivity contribution in [3.05, 3.63) is 29.6 Å². The molecule has 0 radical (unpaired) electrons. The van der Waals surface area contributed by atoms with Crippen LogP contribution in [0.4, 0.5) is 10.1 Å². The predicted molar refractivity (Wildman–Crippen MR) is 64.4 cm³/mol. The van der Waals surface area contributed by atoms with E-state index in [9.17, 15) is 14.0 Å². The van der Waals surface area contributed by atoms with Gasteiger partial charge in [-0.25, -0.2) is 4.39 Å². The molecule has 18 heavy (non-hydrogen) atoms. The van der Waals surface area contributed by atoms with Crippen LogP contribution in [0.15, 0.2) is 18.2 Å². The Morgan fingerprint density at radius 3 is 2.67 bits per heavy atom. The van der Waals surface area contributed by atoms with E-state index >= 15 is 0 Å². The Labute approximate surface area is 104 Å². The number of nitrogens with zero attached hydrogens (tertiary/aromatic N) is 1.